The number of anilines is 2. The molecule has 1 aromatic carbocycles. The molecule has 2 aliphatic rings. The van der Waals surface area contributed by atoms with Gasteiger partial charge in [-0.2, -0.15) is 4.98 Å². The molecule has 2 aliphatic heterocycles. The molecule has 8 nitrogen and oxygen atoms in total. The number of rotatable bonds is 5. The van der Waals surface area contributed by atoms with Gasteiger partial charge in [0.25, 0.3) is 0 Å². The van der Waals surface area contributed by atoms with Crippen molar-refractivity contribution in [2.24, 2.45) is 0 Å². The SMILES string of the molecule is C[C@@H](Nc1nc(N2CCN(C(=O)[C@H]3COCCN3)CC2)ncc1Cl)c1ccc(Cl)cc1Cl. The summed E-state index contributed by atoms with van der Waals surface area (Å²) in [5.74, 6) is 1.17. The van der Waals surface area contributed by atoms with Gasteiger partial charge in [-0.3, -0.25) is 4.79 Å². The molecule has 0 bridgehead atoms. The van der Waals surface area contributed by atoms with Crippen LogP contribution in [0.3, 0.4) is 0 Å². The van der Waals surface area contributed by atoms with Crippen LogP contribution >= 0.6 is 34.8 Å². The van der Waals surface area contributed by atoms with E-state index in [4.69, 9.17) is 39.5 Å². The zero-order chi connectivity index (χ0) is 22.7. The molecular formula is C21H25Cl3N6O2. The van der Waals surface area contributed by atoms with Crippen LogP contribution in [0.2, 0.25) is 15.1 Å². The first kappa shape index (κ1) is 23.3. The standard InChI is InChI=1S/C21H25Cl3N6O2/c1-13(15-3-2-14(22)10-16(15)23)27-19-17(24)11-26-21(28-19)30-7-5-29(6-8-30)20(31)18-12-32-9-4-25-18/h2-3,10-11,13,18,25H,4-9,12H2,1H3,(H,26,27,28)/t13-,18-/m1/s1. The molecule has 0 unspecified atom stereocenters. The van der Waals surface area contributed by atoms with Crippen molar-refractivity contribution in [1.82, 2.24) is 20.2 Å². The normalized spacial score (nSPS) is 20.2. The van der Waals surface area contributed by atoms with E-state index in [0.717, 1.165) is 5.56 Å². The summed E-state index contributed by atoms with van der Waals surface area (Å²) < 4.78 is 5.41. The van der Waals surface area contributed by atoms with E-state index < -0.39 is 0 Å². The summed E-state index contributed by atoms with van der Waals surface area (Å²) in [6, 6.07) is 4.97. The lowest BCUT2D eigenvalue weighted by molar-refractivity contribution is -0.136. The minimum absolute atomic E-state index is 0.0809. The molecule has 4 rings (SSSR count). The predicted octanol–water partition coefficient (Wildman–Crippen LogP) is 3.25. The van der Waals surface area contributed by atoms with Crippen molar-refractivity contribution < 1.29 is 9.53 Å². The van der Waals surface area contributed by atoms with E-state index in [-0.39, 0.29) is 18.0 Å². The number of hydrogen-bond donors (Lipinski definition) is 2. The largest absolute Gasteiger partial charge is 0.378 e. The highest BCUT2D eigenvalue weighted by molar-refractivity contribution is 6.35. The van der Waals surface area contributed by atoms with Gasteiger partial charge in [-0.05, 0) is 24.6 Å². The van der Waals surface area contributed by atoms with E-state index in [2.05, 4.69) is 25.5 Å². The topological polar surface area (TPSA) is 82.6 Å². The molecule has 2 fully saturated rings. The number of benzene rings is 1. The highest BCUT2D eigenvalue weighted by Crippen LogP contribution is 2.30. The van der Waals surface area contributed by atoms with Gasteiger partial charge < -0.3 is 25.2 Å². The number of hydrogen-bond acceptors (Lipinski definition) is 7. The maximum atomic E-state index is 12.7. The van der Waals surface area contributed by atoms with E-state index in [9.17, 15) is 4.79 Å². The number of carbonyl (C=O) groups excluding carboxylic acids is 1. The number of piperazine rings is 1. The number of halogens is 3. The van der Waals surface area contributed by atoms with Crippen molar-refractivity contribution in [3.05, 3.63) is 45.0 Å². The Morgan fingerprint density at radius 3 is 2.69 bits per heavy atom. The van der Waals surface area contributed by atoms with Gasteiger partial charge in [-0.1, -0.05) is 40.9 Å². The maximum Gasteiger partial charge on any atom is 0.242 e. The summed E-state index contributed by atoms with van der Waals surface area (Å²) in [4.78, 5) is 25.6. The number of nitrogens with one attached hydrogen (secondary N) is 2. The minimum Gasteiger partial charge on any atom is -0.378 e. The first-order valence-corrected chi connectivity index (χ1v) is 11.6. The third kappa shape index (κ3) is 5.38. The highest BCUT2D eigenvalue weighted by atomic mass is 35.5. The molecule has 11 heteroatoms. The maximum absolute atomic E-state index is 12.7. The monoisotopic (exact) mass is 498 g/mol. The number of aromatic nitrogens is 2. The van der Waals surface area contributed by atoms with Crippen LogP contribution in [0, 0.1) is 0 Å². The average Bonchev–Trinajstić information content (AvgIpc) is 2.80. The van der Waals surface area contributed by atoms with Gasteiger partial charge in [0.15, 0.2) is 5.82 Å². The Balaban J connectivity index is 1.40. The van der Waals surface area contributed by atoms with Gasteiger partial charge in [0.1, 0.15) is 11.1 Å². The Morgan fingerprint density at radius 2 is 2.00 bits per heavy atom. The fourth-order valence-electron chi connectivity index (χ4n) is 3.82. The Morgan fingerprint density at radius 1 is 1.22 bits per heavy atom. The van der Waals surface area contributed by atoms with Gasteiger partial charge in [0.05, 0.1) is 25.5 Å². The van der Waals surface area contributed by atoms with Crippen molar-refractivity contribution in [2.45, 2.75) is 19.0 Å². The lowest BCUT2D eigenvalue weighted by Crippen LogP contribution is -2.57. The molecule has 2 N–H and O–H groups in total. The number of ether oxygens (including phenoxy) is 1. The fourth-order valence-corrected chi connectivity index (χ4v) is 4.54. The summed E-state index contributed by atoms with van der Waals surface area (Å²) in [6.07, 6.45) is 1.59. The zero-order valence-electron chi connectivity index (χ0n) is 17.7. The number of amides is 1. The van der Waals surface area contributed by atoms with E-state index in [1.165, 1.54) is 0 Å². The summed E-state index contributed by atoms with van der Waals surface area (Å²) in [7, 11) is 0. The molecule has 0 radical (unpaired) electrons. The molecule has 2 aromatic rings. The number of carbonyl (C=O) groups is 1. The summed E-state index contributed by atoms with van der Waals surface area (Å²) in [5.41, 5.74) is 0.889. The number of nitrogens with zero attached hydrogens (tertiary/aromatic N) is 4. The van der Waals surface area contributed by atoms with Crippen molar-refractivity contribution in [3.8, 4) is 0 Å². The third-order valence-corrected chi connectivity index (χ3v) is 6.45. The lowest BCUT2D eigenvalue weighted by atomic mass is 10.1. The highest BCUT2D eigenvalue weighted by Gasteiger charge is 2.29. The third-order valence-electron chi connectivity index (χ3n) is 5.61. The van der Waals surface area contributed by atoms with Gasteiger partial charge in [-0.25, -0.2) is 4.98 Å². The van der Waals surface area contributed by atoms with Crippen LogP contribution < -0.4 is 15.5 Å². The summed E-state index contributed by atoms with van der Waals surface area (Å²) in [6.45, 7) is 6.21. The molecule has 1 amide bonds. The van der Waals surface area contributed by atoms with Crippen LogP contribution in [0.5, 0.6) is 0 Å². The summed E-state index contributed by atoms with van der Waals surface area (Å²) >= 11 is 18.7. The Kier molecular flexibility index (Phi) is 7.58. The van der Waals surface area contributed by atoms with E-state index in [1.54, 1.807) is 18.3 Å². The van der Waals surface area contributed by atoms with Crippen molar-refractivity contribution in [3.63, 3.8) is 0 Å². The van der Waals surface area contributed by atoms with Crippen LogP contribution in [-0.4, -0.2) is 72.8 Å². The zero-order valence-corrected chi connectivity index (χ0v) is 19.9. The van der Waals surface area contributed by atoms with Crippen LogP contribution in [-0.2, 0) is 9.53 Å². The minimum atomic E-state index is -0.265. The second-order valence-corrected chi connectivity index (χ2v) is 9.04. The fraction of sp³-hybridized carbons (Fsp3) is 0.476. The molecule has 3 heterocycles. The van der Waals surface area contributed by atoms with Crippen LogP contribution in [0.25, 0.3) is 0 Å². The Hall–Kier alpha value is -1.84. The molecule has 32 heavy (non-hydrogen) atoms. The Labute approximate surface area is 202 Å². The molecule has 0 saturated carbocycles. The van der Waals surface area contributed by atoms with Crippen molar-refractivity contribution in [2.75, 3.05) is 56.2 Å². The molecule has 0 aliphatic carbocycles. The first-order valence-electron chi connectivity index (χ1n) is 10.5. The lowest BCUT2D eigenvalue weighted by Gasteiger charge is -2.37. The van der Waals surface area contributed by atoms with Gasteiger partial charge in [-0.15, -0.1) is 0 Å². The van der Waals surface area contributed by atoms with Crippen molar-refractivity contribution >= 4 is 52.5 Å². The summed E-state index contributed by atoms with van der Waals surface area (Å²) in [5, 5.41) is 8.10. The van der Waals surface area contributed by atoms with Crippen LogP contribution in [0.4, 0.5) is 11.8 Å². The predicted molar refractivity (Wildman–Crippen MR) is 127 cm³/mol. The second kappa shape index (κ2) is 10.4. The first-order chi connectivity index (χ1) is 15.4. The van der Waals surface area contributed by atoms with Gasteiger partial charge in [0.2, 0.25) is 11.9 Å². The average molecular weight is 500 g/mol. The van der Waals surface area contributed by atoms with Gasteiger partial charge >= 0.3 is 0 Å². The molecule has 0 spiro atoms. The van der Waals surface area contributed by atoms with E-state index in [0.29, 0.717) is 72.8 Å². The smallest absolute Gasteiger partial charge is 0.242 e. The van der Waals surface area contributed by atoms with E-state index >= 15 is 0 Å². The van der Waals surface area contributed by atoms with Crippen LogP contribution in [0.15, 0.2) is 24.4 Å². The quantitative estimate of drug-likeness (QED) is 0.653. The number of morpholine rings is 1. The van der Waals surface area contributed by atoms with Gasteiger partial charge in [0, 0.05) is 42.8 Å². The molecule has 2 saturated heterocycles. The molecular weight excluding hydrogens is 475 g/mol. The molecule has 2 atom stereocenters. The molecule has 172 valence electrons. The Bertz CT molecular complexity index is 965. The van der Waals surface area contributed by atoms with Crippen LogP contribution in [0.1, 0.15) is 18.5 Å². The second-order valence-electron chi connectivity index (χ2n) is 7.79. The molecule has 1 aromatic heterocycles. The van der Waals surface area contributed by atoms with E-state index in [1.807, 2.05) is 17.9 Å². The van der Waals surface area contributed by atoms with Crippen molar-refractivity contribution in [1.29, 1.82) is 0 Å².